The van der Waals surface area contributed by atoms with Crippen molar-refractivity contribution in [2.24, 2.45) is 0 Å². The molecule has 0 atom stereocenters. The Morgan fingerprint density at radius 3 is 2.18 bits per heavy atom. The molecule has 0 spiro atoms. The highest BCUT2D eigenvalue weighted by Gasteiger charge is 2.22. The number of halogens is 1. The van der Waals surface area contributed by atoms with Crippen molar-refractivity contribution in [3.63, 3.8) is 0 Å². The van der Waals surface area contributed by atoms with E-state index in [2.05, 4.69) is 66.3 Å². The Kier molecular flexibility index (Phi) is 5.61. The van der Waals surface area contributed by atoms with Crippen molar-refractivity contribution in [3.8, 4) is 16.8 Å². The van der Waals surface area contributed by atoms with Gasteiger partial charge in [-0.05, 0) is 49.2 Å². The van der Waals surface area contributed by atoms with Crippen molar-refractivity contribution in [2.75, 3.05) is 4.90 Å². The summed E-state index contributed by atoms with van der Waals surface area (Å²) in [6, 6.07) is 27.4. The van der Waals surface area contributed by atoms with Gasteiger partial charge in [-0.25, -0.2) is 14.4 Å². The van der Waals surface area contributed by atoms with Crippen LogP contribution in [0.5, 0.6) is 0 Å². The zero-order valence-corrected chi connectivity index (χ0v) is 18.7. The molecular weight excluding hydrogens is 411 g/mol. The van der Waals surface area contributed by atoms with Crippen LogP contribution in [-0.2, 0) is 6.54 Å². The Hall–Kier alpha value is -3.99. The molecule has 0 unspecified atom stereocenters. The van der Waals surface area contributed by atoms with Crippen molar-refractivity contribution >= 4 is 16.9 Å². The topological polar surface area (TPSA) is 34.0 Å². The molecule has 0 aliphatic rings. The average Bonchev–Trinajstić information content (AvgIpc) is 3.24. The molecule has 0 aliphatic carbocycles. The van der Waals surface area contributed by atoms with Gasteiger partial charge in [-0.3, -0.25) is 0 Å². The average molecular weight is 437 g/mol. The van der Waals surface area contributed by atoms with Crippen LogP contribution < -0.4 is 4.90 Å². The second kappa shape index (κ2) is 8.87. The van der Waals surface area contributed by atoms with Gasteiger partial charge in [0.1, 0.15) is 18.0 Å². The number of fused-ring (bicyclic) bond motifs is 1. The lowest BCUT2D eigenvalue weighted by Crippen LogP contribution is -2.31. The smallest absolute Gasteiger partial charge is 0.150 e. The van der Waals surface area contributed by atoms with Crippen LogP contribution in [0.2, 0.25) is 0 Å². The molecule has 4 nitrogen and oxygen atoms in total. The zero-order chi connectivity index (χ0) is 22.8. The highest BCUT2D eigenvalue weighted by molar-refractivity contribution is 6.02. The minimum Gasteiger partial charge on any atom is -0.349 e. The van der Waals surface area contributed by atoms with E-state index in [1.807, 2.05) is 28.8 Å². The maximum atomic E-state index is 13.6. The van der Waals surface area contributed by atoms with Gasteiger partial charge in [0.15, 0.2) is 5.65 Å². The van der Waals surface area contributed by atoms with Gasteiger partial charge >= 0.3 is 0 Å². The summed E-state index contributed by atoms with van der Waals surface area (Å²) >= 11 is 0. The van der Waals surface area contributed by atoms with E-state index in [0.29, 0.717) is 0 Å². The number of aromatic nitrogens is 3. The quantitative estimate of drug-likeness (QED) is 0.299. The Labute approximate surface area is 193 Å². The number of benzene rings is 3. The lowest BCUT2D eigenvalue weighted by molar-refractivity contribution is 0.627. The lowest BCUT2D eigenvalue weighted by Gasteiger charge is -2.29. The van der Waals surface area contributed by atoms with E-state index in [9.17, 15) is 4.39 Å². The van der Waals surface area contributed by atoms with Crippen LogP contribution in [0.4, 0.5) is 10.2 Å². The van der Waals surface area contributed by atoms with Gasteiger partial charge in [0.2, 0.25) is 0 Å². The largest absolute Gasteiger partial charge is 0.349 e. The van der Waals surface area contributed by atoms with Gasteiger partial charge in [-0.15, -0.1) is 0 Å². The van der Waals surface area contributed by atoms with Crippen molar-refractivity contribution in [1.29, 1.82) is 0 Å². The molecule has 2 heterocycles. The molecule has 0 saturated heterocycles. The van der Waals surface area contributed by atoms with E-state index in [1.54, 1.807) is 18.5 Å². The van der Waals surface area contributed by atoms with Crippen molar-refractivity contribution in [3.05, 3.63) is 109 Å². The summed E-state index contributed by atoms with van der Waals surface area (Å²) in [5.74, 6) is 0.626. The third-order valence-electron chi connectivity index (χ3n) is 5.84. The standard InChI is InChI=1S/C28H25FN4/c1-20(2)32(17-21-9-5-3-6-10-21)27-26-25(22-11-7-4-8-12-22)18-33(28(26)31-19-30-27)24-15-13-23(29)14-16-24/h3-16,18-20H,17H2,1-2H3. The summed E-state index contributed by atoms with van der Waals surface area (Å²) in [7, 11) is 0. The molecule has 2 aromatic heterocycles. The molecular formula is C28H25FN4. The van der Waals surface area contributed by atoms with Crippen LogP contribution in [0.15, 0.2) is 97.5 Å². The summed E-state index contributed by atoms with van der Waals surface area (Å²) in [5, 5.41) is 0.984. The third-order valence-corrected chi connectivity index (χ3v) is 5.84. The molecule has 5 heteroatoms. The Morgan fingerprint density at radius 1 is 0.848 bits per heavy atom. The van der Waals surface area contributed by atoms with Crippen molar-refractivity contribution in [1.82, 2.24) is 14.5 Å². The monoisotopic (exact) mass is 436 g/mol. The second-order valence-electron chi connectivity index (χ2n) is 8.36. The van der Waals surface area contributed by atoms with Gasteiger partial charge in [0.25, 0.3) is 0 Å². The van der Waals surface area contributed by atoms with Crippen LogP contribution in [0.1, 0.15) is 19.4 Å². The maximum Gasteiger partial charge on any atom is 0.150 e. The summed E-state index contributed by atoms with van der Waals surface area (Å²) in [6.45, 7) is 5.09. The van der Waals surface area contributed by atoms with E-state index < -0.39 is 0 Å². The molecule has 0 radical (unpaired) electrons. The molecule has 5 aromatic rings. The number of nitrogens with zero attached hydrogens (tertiary/aromatic N) is 4. The fourth-order valence-electron chi connectivity index (χ4n) is 4.18. The predicted octanol–water partition coefficient (Wildman–Crippen LogP) is 6.64. The van der Waals surface area contributed by atoms with Crippen LogP contribution in [-0.4, -0.2) is 20.6 Å². The normalized spacial score (nSPS) is 11.3. The SMILES string of the molecule is CC(C)N(Cc1ccccc1)c1ncnc2c1c(-c1ccccc1)cn2-c1ccc(F)cc1. The fraction of sp³-hybridized carbons (Fsp3) is 0.143. The zero-order valence-electron chi connectivity index (χ0n) is 18.7. The molecule has 0 amide bonds. The van der Waals surface area contributed by atoms with E-state index in [4.69, 9.17) is 4.98 Å². The molecule has 5 rings (SSSR count). The number of hydrogen-bond acceptors (Lipinski definition) is 3. The van der Waals surface area contributed by atoms with E-state index in [0.717, 1.165) is 40.2 Å². The minimum atomic E-state index is -0.261. The Morgan fingerprint density at radius 2 is 1.52 bits per heavy atom. The Bertz CT molecular complexity index is 1360. The van der Waals surface area contributed by atoms with Gasteiger partial charge in [-0.2, -0.15) is 0 Å². The third kappa shape index (κ3) is 4.10. The van der Waals surface area contributed by atoms with Crippen LogP contribution in [0.3, 0.4) is 0 Å². The molecule has 0 N–H and O–H groups in total. The first-order valence-corrected chi connectivity index (χ1v) is 11.1. The summed E-state index contributed by atoms with van der Waals surface area (Å²) < 4.78 is 15.6. The number of rotatable bonds is 6. The van der Waals surface area contributed by atoms with Gasteiger partial charge in [0.05, 0.1) is 5.39 Å². The molecule has 0 saturated carbocycles. The van der Waals surface area contributed by atoms with Crippen molar-refractivity contribution < 1.29 is 4.39 Å². The van der Waals surface area contributed by atoms with Crippen LogP contribution in [0.25, 0.3) is 27.8 Å². The van der Waals surface area contributed by atoms with Gasteiger partial charge < -0.3 is 9.47 Å². The van der Waals surface area contributed by atoms with Crippen LogP contribution in [0, 0.1) is 5.82 Å². The maximum absolute atomic E-state index is 13.6. The van der Waals surface area contributed by atoms with Crippen molar-refractivity contribution in [2.45, 2.75) is 26.4 Å². The molecule has 0 aliphatic heterocycles. The van der Waals surface area contributed by atoms with Crippen LogP contribution >= 0.6 is 0 Å². The van der Waals surface area contributed by atoms with Gasteiger partial charge in [0, 0.05) is 30.0 Å². The molecule has 0 bridgehead atoms. The first kappa shape index (κ1) is 20.9. The fourth-order valence-corrected chi connectivity index (χ4v) is 4.18. The molecule has 33 heavy (non-hydrogen) atoms. The number of hydrogen-bond donors (Lipinski definition) is 0. The second-order valence-corrected chi connectivity index (χ2v) is 8.36. The molecule has 164 valence electrons. The highest BCUT2D eigenvalue weighted by Crippen LogP contribution is 2.37. The van der Waals surface area contributed by atoms with E-state index in [-0.39, 0.29) is 11.9 Å². The van der Waals surface area contributed by atoms with Gasteiger partial charge in [-0.1, -0.05) is 60.7 Å². The summed E-state index contributed by atoms with van der Waals surface area (Å²) in [5.41, 5.74) is 5.00. The lowest BCUT2D eigenvalue weighted by atomic mass is 10.1. The van der Waals surface area contributed by atoms with E-state index >= 15 is 0 Å². The molecule has 3 aromatic carbocycles. The summed E-state index contributed by atoms with van der Waals surface area (Å²) in [4.78, 5) is 11.7. The minimum absolute atomic E-state index is 0.223. The first-order valence-electron chi connectivity index (χ1n) is 11.1. The first-order chi connectivity index (χ1) is 16.1. The summed E-state index contributed by atoms with van der Waals surface area (Å²) in [6.07, 6.45) is 3.69. The highest BCUT2D eigenvalue weighted by atomic mass is 19.1. The molecule has 0 fully saturated rings. The van der Waals surface area contributed by atoms with E-state index in [1.165, 1.54) is 17.7 Å². The number of anilines is 1. The predicted molar refractivity (Wildman–Crippen MR) is 132 cm³/mol. The Balaban J connectivity index is 1.75.